The van der Waals surface area contributed by atoms with Crippen LogP contribution in [0.4, 0.5) is 0 Å². The second-order valence-electron chi connectivity index (χ2n) is 3.00. The van der Waals surface area contributed by atoms with Gasteiger partial charge in [0.15, 0.2) is 0 Å². The van der Waals surface area contributed by atoms with E-state index in [1.807, 2.05) is 0 Å². The SMILES string of the molecule is CCCCC(C=O)SC(C)C. The van der Waals surface area contributed by atoms with E-state index >= 15 is 0 Å². The summed E-state index contributed by atoms with van der Waals surface area (Å²) in [6.45, 7) is 6.42. The molecule has 0 aliphatic heterocycles. The van der Waals surface area contributed by atoms with Gasteiger partial charge in [0.2, 0.25) is 0 Å². The van der Waals surface area contributed by atoms with Crippen molar-refractivity contribution in [2.24, 2.45) is 0 Å². The smallest absolute Gasteiger partial charge is 0.132 e. The molecule has 0 aliphatic rings. The van der Waals surface area contributed by atoms with E-state index in [0.717, 1.165) is 12.7 Å². The monoisotopic (exact) mass is 174 g/mol. The maximum atomic E-state index is 10.5. The Balaban J connectivity index is 3.49. The van der Waals surface area contributed by atoms with E-state index in [0.29, 0.717) is 5.25 Å². The Morgan fingerprint density at radius 2 is 2.09 bits per heavy atom. The molecule has 0 heterocycles. The van der Waals surface area contributed by atoms with Crippen LogP contribution in [-0.4, -0.2) is 16.8 Å². The number of rotatable bonds is 6. The fourth-order valence-electron chi connectivity index (χ4n) is 0.923. The van der Waals surface area contributed by atoms with Crippen LogP contribution in [0.25, 0.3) is 0 Å². The van der Waals surface area contributed by atoms with Crippen molar-refractivity contribution in [2.75, 3.05) is 0 Å². The van der Waals surface area contributed by atoms with Gasteiger partial charge in [-0.2, -0.15) is 0 Å². The lowest BCUT2D eigenvalue weighted by molar-refractivity contribution is -0.107. The van der Waals surface area contributed by atoms with E-state index in [1.165, 1.54) is 12.8 Å². The zero-order valence-corrected chi connectivity index (χ0v) is 8.49. The normalized spacial score (nSPS) is 13.5. The number of hydrogen-bond acceptors (Lipinski definition) is 2. The van der Waals surface area contributed by atoms with Crippen LogP contribution in [0.5, 0.6) is 0 Å². The molecule has 0 amide bonds. The number of unbranched alkanes of at least 4 members (excludes halogenated alkanes) is 1. The molecule has 1 nitrogen and oxygen atoms in total. The van der Waals surface area contributed by atoms with Gasteiger partial charge in [-0.1, -0.05) is 33.6 Å². The molecule has 0 aliphatic carbocycles. The first kappa shape index (κ1) is 11.0. The lowest BCUT2D eigenvalue weighted by atomic mass is 10.2. The highest BCUT2D eigenvalue weighted by Gasteiger charge is 2.08. The Hall–Kier alpha value is 0.0200. The van der Waals surface area contributed by atoms with Gasteiger partial charge in [-0.15, -0.1) is 11.8 Å². The van der Waals surface area contributed by atoms with E-state index in [4.69, 9.17) is 0 Å². The molecule has 0 aromatic carbocycles. The van der Waals surface area contributed by atoms with Gasteiger partial charge < -0.3 is 4.79 Å². The van der Waals surface area contributed by atoms with Crippen molar-refractivity contribution >= 4 is 18.0 Å². The molecular formula is C9H18OS. The van der Waals surface area contributed by atoms with Crippen LogP contribution in [0.1, 0.15) is 40.0 Å². The summed E-state index contributed by atoms with van der Waals surface area (Å²) in [7, 11) is 0. The van der Waals surface area contributed by atoms with Gasteiger partial charge in [0.25, 0.3) is 0 Å². The molecular weight excluding hydrogens is 156 g/mol. The molecule has 0 bridgehead atoms. The van der Waals surface area contributed by atoms with Gasteiger partial charge in [-0.05, 0) is 11.7 Å². The highest BCUT2D eigenvalue weighted by Crippen LogP contribution is 2.19. The van der Waals surface area contributed by atoms with Crippen molar-refractivity contribution in [3.63, 3.8) is 0 Å². The van der Waals surface area contributed by atoms with Gasteiger partial charge in [-0.25, -0.2) is 0 Å². The third-order valence-electron chi connectivity index (χ3n) is 1.44. The number of carbonyl (C=O) groups is 1. The van der Waals surface area contributed by atoms with Crippen LogP contribution >= 0.6 is 11.8 Å². The molecule has 0 saturated carbocycles. The fraction of sp³-hybridized carbons (Fsp3) is 0.889. The molecule has 0 aromatic rings. The Bertz CT molecular complexity index is 102. The lowest BCUT2D eigenvalue weighted by Crippen LogP contribution is -2.07. The molecule has 1 atom stereocenters. The summed E-state index contributed by atoms with van der Waals surface area (Å²) in [4.78, 5) is 10.5. The standard InChI is InChI=1S/C9H18OS/c1-4-5-6-9(7-10)11-8(2)3/h7-9H,4-6H2,1-3H3. The molecule has 11 heavy (non-hydrogen) atoms. The number of aldehydes is 1. The minimum absolute atomic E-state index is 0.231. The highest BCUT2D eigenvalue weighted by molar-refractivity contribution is 8.01. The van der Waals surface area contributed by atoms with Crippen molar-refractivity contribution in [2.45, 2.75) is 50.5 Å². The first-order chi connectivity index (χ1) is 5.20. The first-order valence-corrected chi connectivity index (χ1v) is 5.25. The topological polar surface area (TPSA) is 17.1 Å². The van der Waals surface area contributed by atoms with Gasteiger partial charge in [-0.3, -0.25) is 0 Å². The van der Waals surface area contributed by atoms with Crippen molar-refractivity contribution in [3.8, 4) is 0 Å². The van der Waals surface area contributed by atoms with E-state index in [2.05, 4.69) is 20.8 Å². The second kappa shape index (κ2) is 6.71. The minimum Gasteiger partial charge on any atom is -0.302 e. The van der Waals surface area contributed by atoms with Crippen LogP contribution in [-0.2, 0) is 4.79 Å². The van der Waals surface area contributed by atoms with Gasteiger partial charge in [0, 0.05) is 0 Å². The third-order valence-corrected chi connectivity index (χ3v) is 2.68. The maximum absolute atomic E-state index is 10.5. The first-order valence-electron chi connectivity index (χ1n) is 4.31. The fourth-order valence-corrected chi connectivity index (χ4v) is 1.99. The van der Waals surface area contributed by atoms with Crippen molar-refractivity contribution in [1.82, 2.24) is 0 Å². The molecule has 0 N–H and O–H groups in total. The molecule has 0 fully saturated rings. The number of hydrogen-bond donors (Lipinski definition) is 0. The molecule has 66 valence electrons. The molecule has 0 saturated heterocycles. The molecule has 0 rings (SSSR count). The zero-order chi connectivity index (χ0) is 8.69. The van der Waals surface area contributed by atoms with Crippen LogP contribution < -0.4 is 0 Å². The summed E-state index contributed by atoms with van der Waals surface area (Å²) in [5, 5.41) is 0.803. The summed E-state index contributed by atoms with van der Waals surface area (Å²) in [5.74, 6) is 0. The van der Waals surface area contributed by atoms with E-state index < -0.39 is 0 Å². The van der Waals surface area contributed by atoms with Gasteiger partial charge >= 0.3 is 0 Å². The molecule has 2 heteroatoms. The Labute approximate surface area is 73.9 Å². The molecule has 0 spiro atoms. The Kier molecular flexibility index (Phi) is 6.73. The average Bonchev–Trinajstić information content (AvgIpc) is 1.97. The van der Waals surface area contributed by atoms with Crippen molar-refractivity contribution in [1.29, 1.82) is 0 Å². The van der Waals surface area contributed by atoms with E-state index in [9.17, 15) is 4.79 Å². The summed E-state index contributed by atoms with van der Waals surface area (Å²) in [5.41, 5.74) is 0. The summed E-state index contributed by atoms with van der Waals surface area (Å²) in [6, 6.07) is 0. The third kappa shape index (κ3) is 6.42. The highest BCUT2D eigenvalue weighted by atomic mass is 32.2. The predicted octanol–water partition coefficient (Wildman–Crippen LogP) is 2.89. The van der Waals surface area contributed by atoms with E-state index in [-0.39, 0.29) is 5.25 Å². The van der Waals surface area contributed by atoms with Crippen LogP contribution in [0, 0.1) is 0 Å². The van der Waals surface area contributed by atoms with Crippen LogP contribution in [0.2, 0.25) is 0 Å². The molecule has 1 unspecified atom stereocenters. The summed E-state index contributed by atoms with van der Waals surface area (Å²) < 4.78 is 0. The van der Waals surface area contributed by atoms with Gasteiger partial charge in [0.1, 0.15) is 6.29 Å². The maximum Gasteiger partial charge on any atom is 0.132 e. The lowest BCUT2D eigenvalue weighted by Gasteiger charge is -2.11. The van der Waals surface area contributed by atoms with Gasteiger partial charge in [0.05, 0.1) is 5.25 Å². The summed E-state index contributed by atoms with van der Waals surface area (Å²) in [6.07, 6.45) is 4.48. The predicted molar refractivity (Wildman–Crippen MR) is 52.1 cm³/mol. The quantitative estimate of drug-likeness (QED) is 0.576. The second-order valence-corrected chi connectivity index (χ2v) is 4.82. The Morgan fingerprint density at radius 3 is 2.45 bits per heavy atom. The zero-order valence-electron chi connectivity index (χ0n) is 7.67. The number of thioether (sulfide) groups is 1. The van der Waals surface area contributed by atoms with Crippen LogP contribution in [0.3, 0.4) is 0 Å². The molecule has 0 aromatic heterocycles. The number of carbonyl (C=O) groups excluding carboxylic acids is 1. The average molecular weight is 174 g/mol. The molecule has 0 radical (unpaired) electrons. The van der Waals surface area contributed by atoms with Crippen molar-refractivity contribution < 1.29 is 4.79 Å². The Morgan fingerprint density at radius 1 is 1.45 bits per heavy atom. The summed E-state index contributed by atoms with van der Waals surface area (Å²) >= 11 is 1.77. The van der Waals surface area contributed by atoms with Crippen LogP contribution in [0.15, 0.2) is 0 Å². The minimum atomic E-state index is 0.231. The van der Waals surface area contributed by atoms with Crippen molar-refractivity contribution in [3.05, 3.63) is 0 Å². The largest absolute Gasteiger partial charge is 0.302 e. The van der Waals surface area contributed by atoms with E-state index in [1.54, 1.807) is 11.8 Å².